The van der Waals surface area contributed by atoms with Gasteiger partial charge in [-0.1, -0.05) is 42.5 Å². The van der Waals surface area contributed by atoms with Crippen molar-refractivity contribution in [2.75, 3.05) is 7.11 Å². The quantitative estimate of drug-likeness (QED) is 0.445. The SMILES string of the molecule is COc1cccc(Cn2c(CO)c(-c3ccccc3)c3cc(C(F)(F)F)ccc32)c1. The number of hydrogen-bond acceptors (Lipinski definition) is 2. The maximum Gasteiger partial charge on any atom is 0.416 e. The number of rotatable bonds is 5. The molecular weight excluding hydrogens is 391 g/mol. The van der Waals surface area contributed by atoms with E-state index in [1.165, 1.54) is 12.1 Å². The molecule has 4 rings (SSSR count). The number of methoxy groups -OCH3 is 1. The minimum atomic E-state index is -4.45. The molecule has 0 atom stereocenters. The molecule has 3 nitrogen and oxygen atoms in total. The fourth-order valence-corrected chi connectivity index (χ4v) is 3.81. The lowest BCUT2D eigenvalue weighted by Crippen LogP contribution is -2.06. The molecule has 6 heteroatoms. The average Bonchev–Trinajstić information content (AvgIpc) is 3.06. The van der Waals surface area contributed by atoms with Gasteiger partial charge in [0.1, 0.15) is 5.75 Å². The standard InChI is InChI=1S/C24H20F3NO2/c1-30-19-9-5-6-16(12-19)14-28-21-11-10-18(24(25,26)27)13-20(21)23(22(28)15-29)17-7-3-2-4-8-17/h2-13,29H,14-15H2,1H3. The molecule has 0 fully saturated rings. The van der Waals surface area contributed by atoms with Crippen molar-refractivity contribution in [2.24, 2.45) is 0 Å². The highest BCUT2D eigenvalue weighted by Gasteiger charge is 2.31. The summed E-state index contributed by atoms with van der Waals surface area (Å²) in [7, 11) is 1.58. The van der Waals surface area contributed by atoms with Gasteiger partial charge >= 0.3 is 6.18 Å². The fraction of sp³-hybridized carbons (Fsp3) is 0.167. The van der Waals surface area contributed by atoms with Crippen molar-refractivity contribution in [2.45, 2.75) is 19.3 Å². The number of hydrogen-bond donors (Lipinski definition) is 1. The van der Waals surface area contributed by atoms with Gasteiger partial charge in [0, 0.05) is 23.0 Å². The Bertz CT molecular complexity index is 1180. The van der Waals surface area contributed by atoms with Gasteiger partial charge in [-0.2, -0.15) is 13.2 Å². The number of aliphatic hydroxyl groups excluding tert-OH is 1. The van der Waals surface area contributed by atoms with Crippen LogP contribution < -0.4 is 4.74 Å². The summed E-state index contributed by atoms with van der Waals surface area (Å²) in [6.07, 6.45) is -4.45. The van der Waals surface area contributed by atoms with Gasteiger partial charge in [-0.15, -0.1) is 0 Å². The molecule has 0 aliphatic carbocycles. The van der Waals surface area contributed by atoms with Crippen molar-refractivity contribution in [1.82, 2.24) is 4.57 Å². The van der Waals surface area contributed by atoms with E-state index in [1.54, 1.807) is 7.11 Å². The maximum atomic E-state index is 13.4. The van der Waals surface area contributed by atoms with Crippen molar-refractivity contribution in [3.05, 3.63) is 89.6 Å². The van der Waals surface area contributed by atoms with E-state index in [-0.39, 0.29) is 6.61 Å². The first kappa shape index (κ1) is 20.0. The minimum Gasteiger partial charge on any atom is -0.497 e. The second-order valence-electron chi connectivity index (χ2n) is 7.01. The number of benzene rings is 3. The molecule has 0 unspecified atom stereocenters. The number of halogens is 3. The molecule has 0 aliphatic heterocycles. The van der Waals surface area contributed by atoms with Gasteiger partial charge in [0.05, 0.1) is 25.0 Å². The van der Waals surface area contributed by atoms with E-state index in [4.69, 9.17) is 4.74 Å². The molecule has 1 aromatic heterocycles. The molecular formula is C24H20F3NO2. The predicted molar refractivity (Wildman–Crippen MR) is 110 cm³/mol. The molecule has 0 spiro atoms. The van der Waals surface area contributed by atoms with Gasteiger partial charge in [-0.3, -0.25) is 0 Å². The summed E-state index contributed by atoms with van der Waals surface area (Å²) in [5.41, 5.74) is 2.78. The second-order valence-corrected chi connectivity index (χ2v) is 7.01. The summed E-state index contributed by atoms with van der Waals surface area (Å²) in [6.45, 7) is 0.0893. The summed E-state index contributed by atoms with van der Waals surface area (Å²) in [5, 5.41) is 10.7. The molecule has 0 amide bonds. The van der Waals surface area contributed by atoms with Crippen molar-refractivity contribution >= 4 is 10.9 Å². The topological polar surface area (TPSA) is 34.4 Å². The molecule has 4 aromatic rings. The van der Waals surface area contributed by atoms with Crippen LogP contribution in [0.25, 0.3) is 22.0 Å². The smallest absolute Gasteiger partial charge is 0.416 e. The minimum absolute atomic E-state index is 0.301. The van der Waals surface area contributed by atoms with Gasteiger partial charge in [0.15, 0.2) is 0 Å². The van der Waals surface area contributed by atoms with Gasteiger partial charge < -0.3 is 14.4 Å². The molecule has 154 valence electrons. The van der Waals surface area contributed by atoms with E-state index >= 15 is 0 Å². The van der Waals surface area contributed by atoms with E-state index in [9.17, 15) is 18.3 Å². The van der Waals surface area contributed by atoms with E-state index in [0.29, 0.717) is 34.5 Å². The second kappa shape index (κ2) is 7.88. The van der Waals surface area contributed by atoms with Gasteiger partial charge in [-0.25, -0.2) is 0 Å². The summed E-state index contributed by atoms with van der Waals surface area (Å²) >= 11 is 0. The zero-order chi connectivity index (χ0) is 21.3. The van der Waals surface area contributed by atoms with Crippen LogP contribution in [0.15, 0.2) is 72.8 Å². The number of nitrogens with zero attached hydrogens (tertiary/aromatic N) is 1. The Hall–Kier alpha value is -3.25. The predicted octanol–water partition coefficient (Wildman–Crippen LogP) is 5.88. The molecule has 0 saturated carbocycles. The zero-order valence-corrected chi connectivity index (χ0v) is 16.3. The number of fused-ring (bicyclic) bond motifs is 1. The van der Waals surface area contributed by atoms with Gasteiger partial charge in [0.2, 0.25) is 0 Å². The number of alkyl halides is 3. The summed E-state index contributed by atoms with van der Waals surface area (Å²) < 4.78 is 47.3. The van der Waals surface area contributed by atoms with E-state index in [1.807, 2.05) is 59.2 Å². The highest BCUT2D eigenvalue weighted by Crippen LogP contribution is 2.39. The Morgan fingerprint density at radius 1 is 0.933 bits per heavy atom. The third kappa shape index (κ3) is 3.66. The van der Waals surface area contributed by atoms with Crippen LogP contribution in [0.2, 0.25) is 0 Å². The van der Waals surface area contributed by atoms with E-state index in [2.05, 4.69) is 0 Å². The highest BCUT2D eigenvalue weighted by molar-refractivity contribution is 5.98. The Morgan fingerprint density at radius 2 is 1.70 bits per heavy atom. The van der Waals surface area contributed by atoms with Crippen LogP contribution in [0.4, 0.5) is 13.2 Å². The van der Waals surface area contributed by atoms with Crippen LogP contribution in [-0.4, -0.2) is 16.8 Å². The van der Waals surface area contributed by atoms with Gasteiger partial charge in [-0.05, 0) is 41.5 Å². The molecule has 0 saturated heterocycles. The lowest BCUT2D eigenvalue weighted by Gasteiger charge is -2.12. The summed E-state index contributed by atoms with van der Waals surface area (Å²) in [4.78, 5) is 0. The summed E-state index contributed by atoms with van der Waals surface area (Å²) in [6, 6.07) is 20.4. The first-order chi connectivity index (χ1) is 14.4. The first-order valence-corrected chi connectivity index (χ1v) is 9.44. The van der Waals surface area contributed by atoms with E-state index in [0.717, 1.165) is 17.2 Å². The number of ether oxygens (including phenoxy) is 1. The Balaban J connectivity index is 1.97. The molecule has 0 radical (unpaired) electrons. The Morgan fingerprint density at radius 3 is 2.37 bits per heavy atom. The van der Waals surface area contributed by atoms with Crippen LogP contribution in [0, 0.1) is 0 Å². The monoisotopic (exact) mass is 411 g/mol. The van der Waals surface area contributed by atoms with Crippen molar-refractivity contribution in [3.8, 4) is 16.9 Å². The van der Waals surface area contributed by atoms with Crippen LogP contribution in [0.3, 0.4) is 0 Å². The third-order valence-corrected chi connectivity index (χ3v) is 5.19. The van der Waals surface area contributed by atoms with Gasteiger partial charge in [0.25, 0.3) is 0 Å². The largest absolute Gasteiger partial charge is 0.497 e. The van der Waals surface area contributed by atoms with Crippen LogP contribution in [0.1, 0.15) is 16.8 Å². The third-order valence-electron chi connectivity index (χ3n) is 5.19. The molecule has 30 heavy (non-hydrogen) atoms. The lowest BCUT2D eigenvalue weighted by atomic mass is 10.0. The zero-order valence-electron chi connectivity index (χ0n) is 16.3. The van der Waals surface area contributed by atoms with Crippen molar-refractivity contribution < 1.29 is 23.0 Å². The maximum absolute atomic E-state index is 13.4. The Labute approximate surface area is 172 Å². The number of aromatic nitrogens is 1. The summed E-state index contributed by atoms with van der Waals surface area (Å²) in [5.74, 6) is 0.692. The fourth-order valence-electron chi connectivity index (χ4n) is 3.81. The molecule has 1 heterocycles. The van der Waals surface area contributed by atoms with Crippen LogP contribution >= 0.6 is 0 Å². The molecule has 3 aromatic carbocycles. The van der Waals surface area contributed by atoms with E-state index < -0.39 is 11.7 Å². The molecule has 1 N–H and O–H groups in total. The van der Waals surface area contributed by atoms with Crippen molar-refractivity contribution in [3.63, 3.8) is 0 Å². The average molecular weight is 411 g/mol. The lowest BCUT2D eigenvalue weighted by molar-refractivity contribution is -0.137. The van der Waals surface area contributed by atoms with Crippen molar-refractivity contribution in [1.29, 1.82) is 0 Å². The van der Waals surface area contributed by atoms with Crippen LogP contribution in [-0.2, 0) is 19.3 Å². The number of aliphatic hydroxyl groups is 1. The normalized spacial score (nSPS) is 11.8. The molecule has 0 aliphatic rings. The highest BCUT2D eigenvalue weighted by atomic mass is 19.4. The molecule has 0 bridgehead atoms. The Kier molecular flexibility index (Phi) is 5.26. The van der Waals surface area contributed by atoms with Crippen LogP contribution in [0.5, 0.6) is 5.75 Å². The first-order valence-electron chi connectivity index (χ1n) is 9.44.